The molecule has 4 bridgehead atoms. The van der Waals surface area contributed by atoms with E-state index in [4.69, 9.17) is 9.47 Å². The Morgan fingerprint density at radius 2 is 1.53 bits per heavy atom. The number of ether oxygens (including phenoxy) is 2. The minimum Gasteiger partial charge on any atom is -0.484 e. The maximum absolute atomic E-state index is 14.4. The van der Waals surface area contributed by atoms with Crippen LogP contribution < -0.4 is 9.47 Å². The van der Waals surface area contributed by atoms with Crippen LogP contribution in [0.15, 0.2) is 101 Å². The van der Waals surface area contributed by atoms with Crippen LogP contribution in [-0.4, -0.2) is 18.5 Å². The van der Waals surface area contributed by atoms with Crippen molar-refractivity contribution in [2.75, 3.05) is 6.61 Å². The van der Waals surface area contributed by atoms with Crippen molar-refractivity contribution in [2.45, 2.75) is 114 Å². The number of hydrogen-bond acceptors (Lipinski definition) is 4. The lowest BCUT2D eigenvalue weighted by Crippen LogP contribution is -2.47. The topological polar surface area (TPSA) is 35.5 Å². The average Bonchev–Trinajstić information content (AvgIpc) is 3.55. The Bertz CT molecular complexity index is 2520. The van der Waals surface area contributed by atoms with Crippen molar-refractivity contribution in [1.29, 1.82) is 0 Å². The molecule has 4 aromatic rings. The number of ketones is 1. The Kier molecular flexibility index (Phi) is 9.55. The fourth-order valence-electron chi connectivity index (χ4n) is 10.3. The molecule has 1 fully saturated rings. The van der Waals surface area contributed by atoms with Crippen molar-refractivity contribution in [2.24, 2.45) is 33.5 Å². The molecule has 59 heavy (non-hydrogen) atoms. The van der Waals surface area contributed by atoms with Gasteiger partial charge in [0.25, 0.3) is 0 Å². The standard InChI is InChI=1S/C55H62O3S/c1-52(2,3)40-26-38-27-41(30-40)55(10,11)44-31-57-48-49(58-44)51(45(38)36-22-20-32-16-12-14-18-34(32)24-36)59-50(48)46(37-23-21-33-17-13-15-19-35(33)25-37)39-28-42(53(4,5)6)47(56)43(29-39)54(7,8)9/h12-14,16-18,20-25,28-29,40-41,44H,15,19,26-27,30-31H2,1-11H3/b45-38-. The quantitative estimate of drug-likeness (QED) is 0.207. The molecule has 3 heterocycles. The highest BCUT2D eigenvalue weighted by Gasteiger charge is 2.49. The number of carbonyl (C=O) groups excluding carboxylic acids is 1. The summed E-state index contributed by atoms with van der Waals surface area (Å²) in [6.07, 6.45) is 14.2. The zero-order valence-corrected chi connectivity index (χ0v) is 38.0. The van der Waals surface area contributed by atoms with Crippen LogP contribution in [0.3, 0.4) is 0 Å². The third-order valence-electron chi connectivity index (χ3n) is 14.3. The van der Waals surface area contributed by atoms with E-state index in [1.54, 1.807) is 5.57 Å². The van der Waals surface area contributed by atoms with Crippen LogP contribution in [0.2, 0.25) is 0 Å². The lowest BCUT2D eigenvalue weighted by atomic mass is 9.59. The number of carbonyl (C=O) groups is 1. The Morgan fingerprint density at radius 1 is 0.814 bits per heavy atom. The lowest BCUT2D eigenvalue weighted by Gasteiger charge is -2.47. The van der Waals surface area contributed by atoms with Gasteiger partial charge in [0.1, 0.15) is 12.7 Å². The van der Waals surface area contributed by atoms with Gasteiger partial charge in [0.15, 0.2) is 17.3 Å². The predicted molar refractivity (Wildman–Crippen MR) is 248 cm³/mol. The van der Waals surface area contributed by atoms with E-state index < -0.39 is 0 Å². The van der Waals surface area contributed by atoms with Crippen molar-refractivity contribution in [3.63, 3.8) is 0 Å². The summed E-state index contributed by atoms with van der Waals surface area (Å²) in [5, 5.41) is 2.49. The number of thiophene rings is 1. The van der Waals surface area contributed by atoms with E-state index in [2.05, 4.69) is 161 Å². The van der Waals surface area contributed by atoms with Crippen LogP contribution in [0, 0.1) is 33.5 Å². The first-order valence-electron chi connectivity index (χ1n) is 22.0. The van der Waals surface area contributed by atoms with Crippen molar-refractivity contribution < 1.29 is 14.3 Å². The van der Waals surface area contributed by atoms with Gasteiger partial charge in [-0.3, -0.25) is 4.79 Å². The molecule has 0 radical (unpaired) electrons. The Hall–Kier alpha value is -4.41. The van der Waals surface area contributed by atoms with Crippen molar-refractivity contribution in [3.8, 4) is 11.5 Å². The van der Waals surface area contributed by atoms with Gasteiger partial charge in [-0.25, -0.2) is 0 Å². The summed E-state index contributed by atoms with van der Waals surface area (Å²) in [6, 6.07) is 22.7. The van der Waals surface area contributed by atoms with E-state index in [1.165, 1.54) is 44.3 Å². The molecular formula is C55H62O3S. The molecule has 4 heteroatoms. The Labute approximate surface area is 357 Å². The van der Waals surface area contributed by atoms with Gasteiger partial charge in [-0.05, 0) is 117 Å². The zero-order chi connectivity index (χ0) is 41.8. The molecule has 0 N–H and O–H groups in total. The number of hydrogen-bond donors (Lipinski definition) is 0. The van der Waals surface area contributed by atoms with Gasteiger partial charge in [-0.15, -0.1) is 11.3 Å². The molecule has 3 unspecified atom stereocenters. The average molecular weight is 803 g/mol. The molecule has 2 aliphatic heterocycles. The SMILES string of the molecule is CC(C)(C)C1=CC(=C(c2ccc3c(c2)CCC=C3)c2sc3c4c2OCC(O4)C(C)(C)C2C/C(=C\3c3ccc4ccccc4c3)CC(C(C)(C)C)C2)C=C(C(C)(C)C)C1=O. The monoisotopic (exact) mass is 802 g/mol. The highest BCUT2D eigenvalue weighted by atomic mass is 32.1. The molecular weight excluding hydrogens is 741 g/mol. The van der Waals surface area contributed by atoms with Crippen LogP contribution in [0.4, 0.5) is 0 Å². The van der Waals surface area contributed by atoms with E-state index in [1.807, 2.05) is 11.3 Å². The summed E-state index contributed by atoms with van der Waals surface area (Å²) >= 11 is 1.84. The molecule has 1 aromatic heterocycles. The van der Waals surface area contributed by atoms with Crippen molar-refractivity contribution in [3.05, 3.63) is 133 Å². The highest BCUT2D eigenvalue weighted by Crippen LogP contribution is 2.60. The maximum atomic E-state index is 14.4. The van der Waals surface area contributed by atoms with Crippen LogP contribution in [0.1, 0.15) is 134 Å². The van der Waals surface area contributed by atoms with E-state index in [9.17, 15) is 4.79 Å². The Balaban J connectivity index is 1.39. The van der Waals surface area contributed by atoms with Gasteiger partial charge >= 0.3 is 0 Å². The van der Waals surface area contributed by atoms with Crippen LogP contribution in [0.25, 0.3) is 28.0 Å². The minimum absolute atomic E-state index is 0.0872. The summed E-state index contributed by atoms with van der Waals surface area (Å²) in [5.41, 5.74) is 11.1. The first-order chi connectivity index (χ1) is 27.8. The Morgan fingerprint density at radius 3 is 2.22 bits per heavy atom. The fraction of sp³-hybridized carbons (Fsp3) is 0.436. The summed E-state index contributed by atoms with van der Waals surface area (Å²) in [4.78, 5) is 16.6. The van der Waals surface area contributed by atoms with Crippen LogP contribution >= 0.6 is 11.3 Å². The number of allylic oxidation sites excluding steroid dienone is 7. The van der Waals surface area contributed by atoms with Gasteiger partial charge in [-0.1, -0.05) is 148 Å². The number of fused-ring (bicyclic) bond motifs is 5. The van der Waals surface area contributed by atoms with E-state index >= 15 is 0 Å². The molecule has 0 spiro atoms. The van der Waals surface area contributed by atoms with Gasteiger partial charge in [0.05, 0.1) is 9.75 Å². The molecule has 0 saturated heterocycles. The second-order valence-corrected chi connectivity index (χ2v) is 22.8. The minimum atomic E-state index is -0.344. The molecule has 5 aliphatic rings. The van der Waals surface area contributed by atoms with E-state index in [0.29, 0.717) is 18.4 Å². The first-order valence-corrected chi connectivity index (χ1v) is 22.8. The lowest BCUT2D eigenvalue weighted by molar-refractivity contribution is -0.114. The van der Waals surface area contributed by atoms with Crippen LogP contribution in [0.5, 0.6) is 11.5 Å². The largest absolute Gasteiger partial charge is 0.484 e. The molecule has 1 saturated carbocycles. The third-order valence-corrected chi connectivity index (χ3v) is 15.5. The molecule has 3 aliphatic carbocycles. The second kappa shape index (κ2) is 14.1. The molecule has 3 nitrogen and oxygen atoms in total. The molecule has 3 atom stereocenters. The van der Waals surface area contributed by atoms with Crippen molar-refractivity contribution >= 4 is 45.1 Å². The maximum Gasteiger partial charge on any atom is 0.186 e. The summed E-state index contributed by atoms with van der Waals surface area (Å²) in [6.45, 7) is 25.6. The van der Waals surface area contributed by atoms with Crippen molar-refractivity contribution in [1.82, 2.24) is 0 Å². The number of aryl methyl sites for hydroxylation is 1. The second-order valence-electron chi connectivity index (χ2n) is 21.7. The summed E-state index contributed by atoms with van der Waals surface area (Å²) in [5.74, 6) is 2.87. The van der Waals surface area contributed by atoms with Crippen LogP contribution in [-0.2, 0) is 11.2 Å². The molecule has 3 aromatic carbocycles. The number of rotatable bonds is 3. The molecule has 306 valence electrons. The normalized spacial score (nSPS) is 23.9. The smallest absolute Gasteiger partial charge is 0.186 e. The third kappa shape index (κ3) is 7.02. The first kappa shape index (κ1) is 40.0. The zero-order valence-electron chi connectivity index (χ0n) is 37.2. The summed E-state index contributed by atoms with van der Waals surface area (Å²) < 4.78 is 14.7. The van der Waals surface area contributed by atoms with Gasteiger partial charge in [-0.2, -0.15) is 0 Å². The molecule has 0 amide bonds. The van der Waals surface area contributed by atoms with Gasteiger partial charge < -0.3 is 9.47 Å². The van der Waals surface area contributed by atoms with E-state index in [-0.39, 0.29) is 33.5 Å². The van der Waals surface area contributed by atoms with Gasteiger partial charge in [0, 0.05) is 27.7 Å². The van der Waals surface area contributed by atoms with E-state index in [0.717, 1.165) is 69.9 Å². The number of Topliss-reactive ketones (excluding diaryl/α,β-unsaturated/α-hetero) is 1. The predicted octanol–water partition coefficient (Wildman–Crippen LogP) is 14.6. The fourth-order valence-corrected chi connectivity index (χ4v) is 11.7. The highest BCUT2D eigenvalue weighted by molar-refractivity contribution is 7.15. The van der Waals surface area contributed by atoms with Gasteiger partial charge in [0.2, 0.25) is 0 Å². The molecule has 9 rings (SSSR count). The summed E-state index contributed by atoms with van der Waals surface area (Å²) in [7, 11) is 0. The number of benzene rings is 3.